The Bertz CT molecular complexity index is 377. The number of aliphatic hydroxyl groups excluding tert-OH is 1. The van der Waals surface area contributed by atoms with Crippen LogP contribution in [-0.4, -0.2) is 18.1 Å². The lowest BCUT2D eigenvalue weighted by Gasteiger charge is -2.12. The van der Waals surface area contributed by atoms with Crippen LogP contribution in [0.4, 0.5) is 5.69 Å². The summed E-state index contributed by atoms with van der Waals surface area (Å²) in [6.45, 7) is 1.91. The molecule has 0 fully saturated rings. The maximum atomic E-state index is 11.0. The number of rotatable bonds is 4. The average molecular weight is 222 g/mol. The zero-order valence-electron chi connectivity index (χ0n) is 9.66. The molecule has 1 atom stereocenters. The fourth-order valence-electron chi connectivity index (χ4n) is 1.43. The van der Waals surface area contributed by atoms with Gasteiger partial charge in [0.15, 0.2) is 0 Å². The van der Waals surface area contributed by atoms with Gasteiger partial charge in [-0.05, 0) is 30.5 Å². The molecule has 1 aromatic carbocycles. The molecule has 1 unspecified atom stereocenters. The van der Waals surface area contributed by atoms with Crippen LogP contribution in [0.5, 0.6) is 0 Å². The molecule has 0 spiro atoms. The summed E-state index contributed by atoms with van der Waals surface area (Å²) in [5.41, 5.74) is 8.16. The first-order valence-electron chi connectivity index (χ1n) is 5.29. The molecule has 1 rings (SSSR count). The molecule has 0 aliphatic carbocycles. The number of benzene rings is 1. The van der Waals surface area contributed by atoms with Gasteiger partial charge in [0.05, 0.1) is 6.10 Å². The standard InChI is InChI=1S/C12H18N2O2/c1-8-3-4-9(7-10(8)13)11(15)5-6-12(16)14-2/h3-4,7,11,15H,5-6,13H2,1-2H3,(H,14,16). The molecule has 4 nitrogen and oxygen atoms in total. The summed E-state index contributed by atoms with van der Waals surface area (Å²) in [5.74, 6) is -0.0702. The summed E-state index contributed by atoms with van der Waals surface area (Å²) in [6, 6.07) is 5.46. The molecule has 0 saturated carbocycles. The van der Waals surface area contributed by atoms with Crippen molar-refractivity contribution < 1.29 is 9.90 Å². The number of carbonyl (C=O) groups excluding carboxylic acids is 1. The van der Waals surface area contributed by atoms with Gasteiger partial charge in [0.2, 0.25) is 5.91 Å². The Morgan fingerprint density at radius 3 is 2.81 bits per heavy atom. The van der Waals surface area contributed by atoms with Crippen LogP contribution in [0.25, 0.3) is 0 Å². The SMILES string of the molecule is CNC(=O)CCC(O)c1ccc(C)c(N)c1. The van der Waals surface area contributed by atoms with Crippen LogP contribution in [-0.2, 0) is 4.79 Å². The number of hydrogen-bond donors (Lipinski definition) is 3. The van der Waals surface area contributed by atoms with Crippen molar-refractivity contribution >= 4 is 11.6 Å². The van der Waals surface area contributed by atoms with E-state index in [0.29, 0.717) is 18.5 Å². The van der Waals surface area contributed by atoms with Crippen molar-refractivity contribution in [3.8, 4) is 0 Å². The number of aliphatic hydroxyl groups is 1. The van der Waals surface area contributed by atoms with Crippen LogP contribution in [0.15, 0.2) is 18.2 Å². The molecule has 1 aromatic rings. The first-order valence-corrected chi connectivity index (χ1v) is 5.29. The molecule has 4 N–H and O–H groups in total. The first kappa shape index (κ1) is 12.5. The molecule has 0 aliphatic heterocycles. The Morgan fingerprint density at radius 2 is 2.25 bits per heavy atom. The minimum absolute atomic E-state index is 0.0702. The summed E-state index contributed by atoms with van der Waals surface area (Å²) in [6.07, 6.45) is 0.0772. The third kappa shape index (κ3) is 3.24. The van der Waals surface area contributed by atoms with Gasteiger partial charge in [0.1, 0.15) is 0 Å². The quantitative estimate of drug-likeness (QED) is 0.669. The summed E-state index contributed by atoms with van der Waals surface area (Å²) in [7, 11) is 1.58. The lowest BCUT2D eigenvalue weighted by atomic mass is 10.0. The Balaban J connectivity index is 2.62. The molecular weight excluding hydrogens is 204 g/mol. The van der Waals surface area contributed by atoms with E-state index in [1.54, 1.807) is 13.1 Å². The second-order valence-corrected chi connectivity index (χ2v) is 3.84. The van der Waals surface area contributed by atoms with Gasteiger partial charge in [0.25, 0.3) is 0 Å². The number of anilines is 1. The Hall–Kier alpha value is -1.55. The average Bonchev–Trinajstić information content (AvgIpc) is 2.29. The third-order valence-corrected chi connectivity index (χ3v) is 2.61. The highest BCUT2D eigenvalue weighted by molar-refractivity contribution is 5.75. The lowest BCUT2D eigenvalue weighted by Crippen LogP contribution is -2.18. The van der Waals surface area contributed by atoms with Crippen molar-refractivity contribution in [3.05, 3.63) is 29.3 Å². The molecule has 0 bridgehead atoms. The van der Waals surface area contributed by atoms with E-state index in [2.05, 4.69) is 5.32 Å². The van der Waals surface area contributed by atoms with E-state index >= 15 is 0 Å². The van der Waals surface area contributed by atoms with Crippen LogP contribution in [0.1, 0.15) is 30.1 Å². The second-order valence-electron chi connectivity index (χ2n) is 3.84. The van der Waals surface area contributed by atoms with Gasteiger partial charge in [-0.3, -0.25) is 4.79 Å². The molecule has 16 heavy (non-hydrogen) atoms. The van der Waals surface area contributed by atoms with Crippen molar-refractivity contribution in [2.75, 3.05) is 12.8 Å². The molecule has 0 heterocycles. The van der Waals surface area contributed by atoms with Crippen molar-refractivity contribution in [1.82, 2.24) is 5.32 Å². The van der Waals surface area contributed by atoms with E-state index in [9.17, 15) is 9.90 Å². The van der Waals surface area contributed by atoms with Crippen LogP contribution in [0.2, 0.25) is 0 Å². The maximum Gasteiger partial charge on any atom is 0.219 e. The molecule has 4 heteroatoms. The van der Waals surface area contributed by atoms with E-state index in [1.165, 1.54) is 0 Å². The lowest BCUT2D eigenvalue weighted by molar-refractivity contribution is -0.121. The molecule has 1 amide bonds. The van der Waals surface area contributed by atoms with Crippen LogP contribution in [0.3, 0.4) is 0 Å². The zero-order valence-corrected chi connectivity index (χ0v) is 9.66. The predicted molar refractivity (Wildman–Crippen MR) is 63.9 cm³/mol. The van der Waals surface area contributed by atoms with Crippen molar-refractivity contribution in [2.45, 2.75) is 25.9 Å². The van der Waals surface area contributed by atoms with Gasteiger partial charge in [-0.2, -0.15) is 0 Å². The van der Waals surface area contributed by atoms with E-state index in [1.807, 2.05) is 19.1 Å². The van der Waals surface area contributed by atoms with Gasteiger partial charge >= 0.3 is 0 Å². The fraction of sp³-hybridized carbons (Fsp3) is 0.417. The van der Waals surface area contributed by atoms with E-state index in [4.69, 9.17) is 5.73 Å². The second kappa shape index (κ2) is 5.51. The number of nitrogens with one attached hydrogen (secondary N) is 1. The molecule has 0 saturated heterocycles. The van der Waals surface area contributed by atoms with E-state index < -0.39 is 6.10 Å². The van der Waals surface area contributed by atoms with Crippen molar-refractivity contribution in [2.24, 2.45) is 0 Å². The number of nitrogen functional groups attached to an aromatic ring is 1. The van der Waals surface area contributed by atoms with Gasteiger partial charge in [-0.1, -0.05) is 12.1 Å². The summed E-state index contributed by atoms with van der Waals surface area (Å²) in [5, 5.41) is 12.4. The van der Waals surface area contributed by atoms with Crippen molar-refractivity contribution in [3.63, 3.8) is 0 Å². The van der Waals surface area contributed by atoms with E-state index in [-0.39, 0.29) is 5.91 Å². The summed E-state index contributed by atoms with van der Waals surface area (Å²) < 4.78 is 0. The topological polar surface area (TPSA) is 75.3 Å². The van der Waals surface area contributed by atoms with Crippen LogP contribution >= 0.6 is 0 Å². The van der Waals surface area contributed by atoms with Crippen LogP contribution in [0, 0.1) is 6.92 Å². The highest BCUT2D eigenvalue weighted by Gasteiger charge is 2.10. The summed E-state index contributed by atoms with van der Waals surface area (Å²) >= 11 is 0. The highest BCUT2D eigenvalue weighted by Crippen LogP contribution is 2.22. The van der Waals surface area contributed by atoms with Gasteiger partial charge in [0, 0.05) is 19.2 Å². The Labute approximate surface area is 95.5 Å². The van der Waals surface area contributed by atoms with Crippen molar-refractivity contribution in [1.29, 1.82) is 0 Å². The molecule has 0 aromatic heterocycles. The number of aryl methyl sites for hydroxylation is 1. The van der Waals surface area contributed by atoms with Gasteiger partial charge in [-0.25, -0.2) is 0 Å². The third-order valence-electron chi connectivity index (χ3n) is 2.61. The monoisotopic (exact) mass is 222 g/mol. The predicted octanol–water partition coefficient (Wildman–Crippen LogP) is 1.14. The normalized spacial score (nSPS) is 12.2. The number of carbonyl (C=O) groups is 1. The number of nitrogens with two attached hydrogens (primary N) is 1. The molecular formula is C12H18N2O2. The highest BCUT2D eigenvalue weighted by atomic mass is 16.3. The first-order chi connectivity index (χ1) is 7.54. The minimum atomic E-state index is -0.639. The maximum absolute atomic E-state index is 11.0. The Kier molecular flexibility index (Phi) is 4.31. The summed E-state index contributed by atoms with van der Waals surface area (Å²) in [4.78, 5) is 11.0. The van der Waals surface area contributed by atoms with Gasteiger partial charge in [-0.15, -0.1) is 0 Å². The fourth-order valence-corrected chi connectivity index (χ4v) is 1.43. The molecule has 88 valence electrons. The van der Waals surface area contributed by atoms with Gasteiger partial charge < -0.3 is 16.2 Å². The minimum Gasteiger partial charge on any atom is -0.399 e. The number of amides is 1. The number of hydrogen-bond acceptors (Lipinski definition) is 3. The van der Waals surface area contributed by atoms with Crippen LogP contribution < -0.4 is 11.1 Å². The van der Waals surface area contributed by atoms with E-state index in [0.717, 1.165) is 11.1 Å². The smallest absolute Gasteiger partial charge is 0.219 e. The molecule has 0 aliphatic rings. The Morgan fingerprint density at radius 1 is 1.56 bits per heavy atom. The largest absolute Gasteiger partial charge is 0.399 e. The zero-order chi connectivity index (χ0) is 12.1. The molecule has 0 radical (unpaired) electrons.